The minimum absolute atomic E-state index is 0.443. The lowest BCUT2D eigenvalue weighted by molar-refractivity contribution is 0.407. The van der Waals surface area contributed by atoms with Gasteiger partial charge in [0.2, 0.25) is 5.82 Å². The number of para-hydroxylation sites is 1. The molecule has 0 amide bonds. The molecule has 0 fully saturated rings. The Hall–Kier alpha value is -3.39. The highest BCUT2D eigenvalue weighted by molar-refractivity contribution is 5.55. The number of nitrogens with zero attached hydrogens (tertiary/aromatic N) is 4. The van der Waals surface area contributed by atoms with Gasteiger partial charge in [0, 0.05) is 24.2 Å². The molecule has 0 aliphatic heterocycles. The van der Waals surface area contributed by atoms with E-state index in [4.69, 9.17) is 14.9 Å². The predicted octanol–water partition coefficient (Wildman–Crippen LogP) is 2.57. The second-order valence-electron chi connectivity index (χ2n) is 6.11. The number of hydrogen-bond acceptors (Lipinski definition) is 7. The van der Waals surface area contributed by atoms with Crippen molar-refractivity contribution in [1.29, 1.82) is 0 Å². The van der Waals surface area contributed by atoms with Crippen molar-refractivity contribution in [1.82, 2.24) is 24.9 Å². The Morgan fingerprint density at radius 2 is 2.00 bits per heavy atom. The van der Waals surface area contributed by atoms with Gasteiger partial charge in [0.25, 0.3) is 5.78 Å². The summed E-state index contributed by atoms with van der Waals surface area (Å²) in [5.74, 6) is 2.84. The third kappa shape index (κ3) is 3.22. The van der Waals surface area contributed by atoms with Gasteiger partial charge in [-0.2, -0.15) is 9.50 Å². The number of benzene rings is 1. The summed E-state index contributed by atoms with van der Waals surface area (Å²) in [5.41, 5.74) is 9.03. The SMILES string of the molecule is COc1ccccc1CNCc1nc2nc(-c3ccco3)nn2c(N)c1C. The molecule has 0 atom stereocenters. The number of fused-ring (bicyclic) bond motifs is 1. The van der Waals surface area contributed by atoms with Gasteiger partial charge in [-0.1, -0.05) is 18.2 Å². The lowest BCUT2D eigenvalue weighted by Crippen LogP contribution is -2.17. The van der Waals surface area contributed by atoms with E-state index in [0.717, 1.165) is 22.6 Å². The van der Waals surface area contributed by atoms with E-state index in [0.29, 0.717) is 36.3 Å². The number of nitrogen functional groups attached to an aromatic ring is 1. The zero-order valence-electron chi connectivity index (χ0n) is 15.1. The van der Waals surface area contributed by atoms with E-state index in [1.54, 1.807) is 25.5 Å². The number of hydrogen-bond donors (Lipinski definition) is 2. The van der Waals surface area contributed by atoms with Crippen LogP contribution >= 0.6 is 0 Å². The number of rotatable bonds is 6. The molecule has 8 heteroatoms. The highest BCUT2D eigenvalue weighted by Crippen LogP contribution is 2.21. The number of anilines is 1. The normalized spacial score (nSPS) is 11.2. The van der Waals surface area contributed by atoms with Gasteiger partial charge in [-0.25, -0.2) is 4.98 Å². The average molecular weight is 364 g/mol. The van der Waals surface area contributed by atoms with Crippen LogP contribution in [-0.4, -0.2) is 26.7 Å². The fourth-order valence-electron chi connectivity index (χ4n) is 2.90. The van der Waals surface area contributed by atoms with E-state index < -0.39 is 0 Å². The zero-order valence-corrected chi connectivity index (χ0v) is 15.1. The molecule has 1 aromatic carbocycles. The first-order chi connectivity index (χ1) is 13.2. The maximum Gasteiger partial charge on any atom is 0.255 e. The Bertz CT molecular complexity index is 1070. The van der Waals surface area contributed by atoms with Crippen LogP contribution in [0.25, 0.3) is 17.4 Å². The fourth-order valence-corrected chi connectivity index (χ4v) is 2.90. The third-order valence-electron chi connectivity index (χ3n) is 4.41. The number of nitrogens with two attached hydrogens (primary N) is 1. The zero-order chi connectivity index (χ0) is 18.8. The minimum Gasteiger partial charge on any atom is -0.496 e. The van der Waals surface area contributed by atoms with Crippen molar-refractivity contribution in [3.05, 3.63) is 59.5 Å². The molecule has 0 radical (unpaired) electrons. The van der Waals surface area contributed by atoms with Gasteiger partial charge in [-0.05, 0) is 25.1 Å². The second kappa shape index (κ2) is 7.08. The van der Waals surface area contributed by atoms with Gasteiger partial charge in [-0.3, -0.25) is 0 Å². The molecule has 3 heterocycles. The van der Waals surface area contributed by atoms with Crippen LogP contribution in [0.5, 0.6) is 5.75 Å². The van der Waals surface area contributed by atoms with Crippen molar-refractivity contribution in [3.8, 4) is 17.3 Å². The lowest BCUT2D eigenvalue weighted by atomic mass is 10.2. The van der Waals surface area contributed by atoms with E-state index in [-0.39, 0.29) is 0 Å². The van der Waals surface area contributed by atoms with Crippen LogP contribution < -0.4 is 15.8 Å². The summed E-state index contributed by atoms with van der Waals surface area (Å²) >= 11 is 0. The maximum absolute atomic E-state index is 6.26. The van der Waals surface area contributed by atoms with Crippen LogP contribution in [0.2, 0.25) is 0 Å². The summed E-state index contributed by atoms with van der Waals surface area (Å²) in [6.07, 6.45) is 1.58. The van der Waals surface area contributed by atoms with Crippen molar-refractivity contribution in [2.45, 2.75) is 20.0 Å². The van der Waals surface area contributed by atoms with Crippen LogP contribution in [0.1, 0.15) is 16.8 Å². The monoisotopic (exact) mass is 364 g/mol. The molecule has 8 nitrogen and oxygen atoms in total. The first kappa shape index (κ1) is 17.0. The van der Waals surface area contributed by atoms with Crippen LogP contribution in [-0.2, 0) is 13.1 Å². The van der Waals surface area contributed by atoms with E-state index in [9.17, 15) is 0 Å². The maximum atomic E-state index is 6.26. The third-order valence-corrected chi connectivity index (χ3v) is 4.41. The number of furan rings is 1. The molecule has 0 aliphatic carbocycles. The van der Waals surface area contributed by atoms with E-state index in [1.807, 2.05) is 31.2 Å². The molecule has 0 saturated carbocycles. The molecule has 0 aliphatic rings. The molecule has 0 unspecified atom stereocenters. The van der Waals surface area contributed by atoms with Crippen LogP contribution in [0.3, 0.4) is 0 Å². The molecule has 0 bridgehead atoms. The topological polar surface area (TPSA) is 103 Å². The lowest BCUT2D eigenvalue weighted by Gasteiger charge is -2.11. The minimum atomic E-state index is 0.443. The summed E-state index contributed by atoms with van der Waals surface area (Å²) in [4.78, 5) is 9.04. The largest absolute Gasteiger partial charge is 0.496 e. The molecule has 3 N–H and O–H groups in total. The number of methoxy groups -OCH3 is 1. The molecule has 0 saturated heterocycles. The van der Waals surface area contributed by atoms with Crippen LogP contribution in [0.4, 0.5) is 5.82 Å². The summed E-state index contributed by atoms with van der Waals surface area (Å²) in [5, 5.41) is 7.78. The van der Waals surface area contributed by atoms with Crippen molar-refractivity contribution >= 4 is 11.6 Å². The Morgan fingerprint density at radius 1 is 1.15 bits per heavy atom. The molecule has 4 rings (SSSR count). The molecular weight excluding hydrogens is 344 g/mol. The molecule has 4 aromatic rings. The Kier molecular flexibility index (Phi) is 4.47. The first-order valence-corrected chi connectivity index (χ1v) is 8.55. The average Bonchev–Trinajstić information content (AvgIpc) is 3.35. The van der Waals surface area contributed by atoms with E-state index in [2.05, 4.69) is 20.4 Å². The number of nitrogens with one attached hydrogen (secondary N) is 1. The summed E-state index contributed by atoms with van der Waals surface area (Å²) in [7, 11) is 1.67. The first-order valence-electron chi connectivity index (χ1n) is 8.55. The molecule has 138 valence electrons. The van der Waals surface area contributed by atoms with Crippen molar-refractivity contribution < 1.29 is 9.15 Å². The van der Waals surface area contributed by atoms with E-state index >= 15 is 0 Å². The van der Waals surface area contributed by atoms with Crippen LogP contribution in [0, 0.1) is 6.92 Å². The van der Waals surface area contributed by atoms with Gasteiger partial charge in [0.1, 0.15) is 11.6 Å². The van der Waals surface area contributed by atoms with Crippen LogP contribution in [0.15, 0.2) is 47.1 Å². The summed E-state index contributed by atoms with van der Waals surface area (Å²) < 4.78 is 12.3. The van der Waals surface area contributed by atoms with Gasteiger partial charge < -0.3 is 20.2 Å². The van der Waals surface area contributed by atoms with Crippen molar-refractivity contribution in [2.24, 2.45) is 0 Å². The Morgan fingerprint density at radius 3 is 2.78 bits per heavy atom. The fraction of sp³-hybridized carbons (Fsp3) is 0.211. The Labute approximate surface area is 156 Å². The Balaban J connectivity index is 1.57. The molecule has 27 heavy (non-hydrogen) atoms. The van der Waals surface area contributed by atoms with E-state index in [1.165, 1.54) is 4.52 Å². The smallest absolute Gasteiger partial charge is 0.255 e. The standard InChI is InChI=1S/C19H20N6O2/c1-12-14(11-21-10-13-6-3-4-7-15(13)26-2)22-19-23-18(16-8-5-9-27-16)24-25(19)17(12)20/h3-9,21H,10-11,20H2,1-2H3. The van der Waals surface area contributed by atoms with Crippen molar-refractivity contribution in [3.63, 3.8) is 0 Å². The molecular formula is C19H20N6O2. The second-order valence-corrected chi connectivity index (χ2v) is 6.11. The van der Waals surface area contributed by atoms with Crippen molar-refractivity contribution in [2.75, 3.05) is 12.8 Å². The molecule has 3 aromatic heterocycles. The quantitative estimate of drug-likeness (QED) is 0.542. The number of aromatic nitrogens is 4. The highest BCUT2D eigenvalue weighted by Gasteiger charge is 2.15. The number of ether oxygens (including phenoxy) is 1. The van der Waals surface area contributed by atoms with Gasteiger partial charge in [-0.15, -0.1) is 5.10 Å². The van der Waals surface area contributed by atoms with Gasteiger partial charge >= 0.3 is 0 Å². The summed E-state index contributed by atoms with van der Waals surface area (Å²) in [6.45, 7) is 3.13. The highest BCUT2D eigenvalue weighted by atomic mass is 16.5. The predicted molar refractivity (Wildman–Crippen MR) is 101 cm³/mol. The molecule has 0 spiro atoms. The van der Waals surface area contributed by atoms with Gasteiger partial charge in [0.15, 0.2) is 5.76 Å². The summed E-state index contributed by atoms with van der Waals surface area (Å²) in [6, 6.07) is 11.5. The van der Waals surface area contributed by atoms with Gasteiger partial charge in [0.05, 0.1) is 19.1 Å².